The molecule has 0 fully saturated rings. The highest BCUT2D eigenvalue weighted by Gasteiger charge is 2.33. The van der Waals surface area contributed by atoms with E-state index in [1.54, 1.807) is 0 Å². The van der Waals surface area contributed by atoms with E-state index in [-0.39, 0.29) is 17.2 Å². The molecule has 25 heavy (non-hydrogen) atoms. The van der Waals surface area contributed by atoms with Crippen molar-refractivity contribution in [3.05, 3.63) is 59.7 Å². The van der Waals surface area contributed by atoms with Crippen molar-refractivity contribution in [2.24, 2.45) is 0 Å². The average Bonchev–Trinajstić information content (AvgIpc) is 2.55. The minimum Gasteiger partial charge on any atom is -0.326 e. The fourth-order valence-electron chi connectivity index (χ4n) is 2.19. The summed E-state index contributed by atoms with van der Waals surface area (Å²) >= 11 is 0. The van der Waals surface area contributed by atoms with Gasteiger partial charge in [0.2, 0.25) is 5.91 Å². The number of anilines is 2. The zero-order valence-electron chi connectivity index (χ0n) is 13.5. The Labute approximate surface area is 143 Å². The molecule has 4 nitrogen and oxygen atoms in total. The SMILES string of the molecule is CCCC(=O)Nc1ccc(C(=O)Nc2ccccc2C(F)(F)F)cc1. The predicted molar refractivity (Wildman–Crippen MR) is 89.4 cm³/mol. The van der Waals surface area contributed by atoms with Crippen molar-refractivity contribution < 1.29 is 22.8 Å². The molecule has 0 radical (unpaired) electrons. The lowest BCUT2D eigenvalue weighted by molar-refractivity contribution is -0.136. The number of rotatable bonds is 5. The summed E-state index contributed by atoms with van der Waals surface area (Å²) in [6.07, 6.45) is -3.46. The van der Waals surface area contributed by atoms with Gasteiger partial charge in [-0.05, 0) is 42.8 Å². The number of carbonyl (C=O) groups excluding carboxylic acids is 2. The van der Waals surface area contributed by atoms with Gasteiger partial charge in [0.1, 0.15) is 0 Å². The van der Waals surface area contributed by atoms with Crippen LogP contribution in [-0.4, -0.2) is 11.8 Å². The van der Waals surface area contributed by atoms with E-state index in [0.717, 1.165) is 6.07 Å². The van der Waals surface area contributed by atoms with Crippen molar-refractivity contribution >= 4 is 23.2 Å². The fraction of sp³-hybridized carbons (Fsp3) is 0.222. The van der Waals surface area contributed by atoms with Crippen molar-refractivity contribution in [1.82, 2.24) is 0 Å². The highest BCUT2D eigenvalue weighted by atomic mass is 19.4. The standard InChI is InChI=1S/C18H17F3N2O2/c1-2-5-16(24)22-13-10-8-12(9-11-13)17(25)23-15-7-4-3-6-14(15)18(19,20)21/h3-4,6-11H,2,5H2,1H3,(H,22,24)(H,23,25). The van der Waals surface area contributed by atoms with Crippen molar-refractivity contribution in [2.75, 3.05) is 10.6 Å². The third-order valence-corrected chi connectivity index (χ3v) is 3.39. The van der Waals surface area contributed by atoms with E-state index in [1.165, 1.54) is 42.5 Å². The number of nitrogens with one attached hydrogen (secondary N) is 2. The Balaban J connectivity index is 2.11. The lowest BCUT2D eigenvalue weighted by Crippen LogP contribution is -2.16. The first-order chi connectivity index (χ1) is 11.8. The number of alkyl halides is 3. The maximum absolute atomic E-state index is 12.9. The fourth-order valence-corrected chi connectivity index (χ4v) is 2.19. The van der Waals surface area contributed by atoms with Crippen LogP contribution < -0.4 is 10.6 Å². The third kappa shape index (κ3) is 5.07. The van der Waals surface area contributed by atoms with E-state index in [2.05, 4.69) is 10.6 Å². The Hall–Kier alpha value is -2.83. The van der Waals surface area contributed by atoms with Gasteiger partial charge in [0.05, 0.1) is 11.3 Å². The Bertz CT molecular complexity index is 756. The third-order valence-electron chi connectivity index (χ3n) is 3.39. The van der Waals surface area contributed by atoms with Crippen LogP contribution in [0, 0.1) is 0 Å². The van der Waals surface area contributed by atoms with E-state index in [4.69, 9.17) is 0 Å². The van der Waals surface area contributed by atoms with Gasteiger partial charge in [-0.2, -0.15) is 13.2 Å². The topological polar surface area (TPSA) is 58.2 Å². The van der Waals surface area contributed by atoms with Gasteiger partial charge in [-0.25, -0.2) is 0 Å². The zero-order valence-corrected chi connectivity index (χ0v) is 13.5. The van der Waals surface area contributed by atoms with Gasteiger partial charge in [0, 0.05) is 17.7 Å². The van der Waals surface area contributed by atoms with E-state index in [9.17, 15) is 22.8 Å². The molecular formula is C18H17F3N2O2. The van der Waals surface area contributed by atoms with Crippen molar-refractivity contribution in [1.29, 1.82) is 0 Å². The van der Waals surface area contributed by atoms with E-state index >= 15 is 0 Å². The first kappa shape index (κ1) is 18.5. The Morgan fingerprint density at radius 3 is 2.20 bits per heavy atom. The zero-order chi connectivity index (χ0) is 18.4. The van der Waals surface area contributed by atoms with Crippen LogP contribution in [0.4, 0.5) is 24.5 Å². The maximum Gasteiger partial charge on any atom is 0.418 e. The second-order valence-electron chi connectivity index (χ2n) is 5.37. The second kappa shape index (κ2) is 7.83. The van der Waals surface area contributed by atoms with Gasteiger partial charge >= 0.3 is 6.18 Å². The van der Waals surface area contributed by atoms with Crippen molar-refractivity contribution in [3.63, 3.8) is 0 Å². The number of benzene rings is 2. The van der Waals surface area contributed by atoms with Crippen LogP contribution in [0.15, 0.2) is 48.5 Å². The van der Waals surface area contributed by atoms with Gasteiger partial charge in [-0.1, -0.05) is 19.1 Å². The van der Waals surface area contributed by atoms with Gasteiger partial charge in [0.25, 0.3) is 5.91 Å². The molecule has 0 atom stereocenters. The Kier molecular flexibility index (Phi) is 5.80. The van der Waals surface area contributed by atoms with Gasteiger partial charge in [-0.15, -0.1) is 0 Å². The molecule has 0 spiro atoms. The molecule has 0 heterocycles. The maximum atomic E-state index is 12.9. The molecule has 2 aromatic rings. The molecule has 0 aliphatic carbocycles. The predicted octanol–water partition coefficient (Wildman–Crippen LogP) is 4.70. The summed E-state index contributed by atoms with van der Waals surface area (Å²) in [7, 11) is 0. The van der Waals surface area contributed by atoms with Crippen LogP contribution >= 0.6 is 0 Å². The highest BCUT2D eigenvalue weighted by molar-refractivity contribution is 6.05. The van der Waals surface area contributed by atoms with Gasteiger partial charge in [-0.3, -0.25) is 9.59 Å². The Morgan fingerprint density at radius 1 is 0.960 bits per heavy atom. The van der Waals surface area contributed by atoms with E-state index in [0.29, 0.717) is 18.5 Å². The first-order valence-corrected chi connectivity index (χ1v) is 7.68. The van der Waals surface area contributed by atoms with Gasteiger partial charge in [0.15, 0.2) is 0 Å². The monoisotopic (exact) mass is 350 g/mol. The molecule has 7 heteroatoms. The molecule has 132 valence electrons. The summed E-state index contributed by atoms with van der Waals surface area (Å²) in [5.74, 6) is -0.804. The minimum absolute atomic E-state index is 0.140. The molecule has 0 aromatic heterocycles. The molecule has 0 aliphatic rings. The number of hydrogen-bond donors (Lipinski definition) is 2. The number of halogens is 3. The first-order valence-electron chi connectivity index (χ1n) is 7.68. The molecule has 0 saturated heterocycles. The van der Waals surface area contributed by atoms with Crippen molar-refractivity contribution in [2.45, 2.75) is 25.9 Å². The molecular weight excluding hydrogens is 333 g/mol. The summed E-state index contributed by atoms with van der Waals surface area (Å²) in [5.41, 5.74) is -0.511. The van der Waals surface area contributed by atoms with Gasteiger partial charge < -0.3 is 10.6 Å². The quantitative estimate of drug-likeness (QED) is 0.821. The second-order valence-corrected chi connectivity index (χ2v) is 5.37. The average molecular weight is 350 g/mol. The summed E-state index contributed by atoms with van der Waals surface area (Å²) in [6, 6.07) is 10.7. The van der Waals surface area contributed by atoms with E-state index < -0.39 is 17.6 Å². The summed E-state index contributed by atoms with van der Waals surface area (Å²) < 4.78 is 38.8. The number of amides is 2. The van der Waals surface area contributed by atoms with E-state index in [1.807, 2.05) is 6.92 Å². The summed E-state index contributed by atoms with van der Waals surface area (Å²) in [4.78, 5) is 23.7. The largest absolute Gasteiger partial charge is 0.418 e. The van der Waals surface area contributed by atoms with Crippen LogP contribution in [-0.2, 0) is 11.0 Å². The number of carbonyl (C=O) groups is 2. The smallest absolute Gasteiger partial charge is 0.326 e. The molecule has 0 bridgehead atoms. The minimum atomic E-state index is -4.56. The number of para-hydroxylation sites is 1. The number of hydrogen-bond acceptors (Lipinski definition) is 2. The molecule has 2 N–H and O–H groups in total. The Morgan fingerprint density at radius 2 is 1.60 bits per heavy atom. The molecule has 0 aliphatic heterocycles. The van der Waals surface area contributed by atoms with Crippen LogP contribution in [0.25, 0.3) is 0 Å². The molecule has 0 unspecified atom stereocenters. The molecule has 2 rings (SSSR count). The van der Waals surface area contributed by atoms with Crippen LogP contribution in [0.1, 0.15) is 35.7 Å². The van der Waals surface area contributed by atoms with Crippen LogP contribution in [0.2, 0.25) is 0 Å². The lowest BCUT2D eigenvalue weighted by atomic mass is 10.1. The molecule has 2 amide bonds. The lowest BCUT2D eigenvalue weighted by Gasteiger charge is -2.13. The summed E-state index contributed by atoms with van der Waals surface area (Å²) in [6.45, 7) is 1.88. The highest BCUT2D eigenvalue weighted by Crippen LogP contribution is 2.34. The van der Waals surface area contributed by atoms with Crippen LogP contribution in [0.5, 0.6) is 0 Å². The van der Waals surface area contributed by atoms with Crippen LogP contribution in [0.3, 0.4) is 0 Å². The molecule has 2 aromatic carbocycles. The summed E-state index contributed by atoms with van der Waals surface area (Å²) in [5, 5.41) is 4.94. The molecule has 0 saturated carbocycles. The van der Waals surface area contributed by atoms with Crippen molar-refractivity contribution in [3.8, 4) is 0 Å². The normalized spacial score (nSPS) is 11.0.